The Kier molecular flexibility index (Phi) is 4.30. The summed E-state index contributed by atoms with van der Waals surface area (Å²) in [5.74, 6) is 0.476. The molecule has 1 saturated carbocycles. The van der Waals surface area contributed by atoms with E-state index in [0.29, 0.717) is 38.3 Å². The van der Waals surface area contributed by atoms with Crippen LogP contribution in [0.25, 0.3) is 0 Å². The fourth-order valence-corrected chi connectivity index (χ4v) is 2.31. The van der Waals surface area contributed by atoms with Gasteiger partial charge in [0, 0.05) is 19.5 Å². The molecule has 0 spiro atoms. The summed E-state index contributed by atoms with van der Waals surface area (Å²) in [6.45, 7) is 4.47. The van der Waals surface area contributed by atoms with E-state index in [1.54, 1.807) is 6.92 Å². The van der Waals surface area contributed by atoms with E-state index in [-0.39, 0.29) is 17.8 Å². The first-order valence-corrected chi connectivity index (χ1v) is 7.37. The lowest BCUT2D eigenvalue weighted by molar-refractivity contribution is -0.130. The Morgan fingerprint density at radius 2 is 2.15 bits per heavy atom. The molecule has 2 aliphatic rings. The molecule has 2 fully saturated rings. The van der Waals surface area contributed by atoms with Crippen molar-refractivity contribution in [3.63, 3.8) is 0 Å². The van der Waals surface area contributed by atoms with Crippen LogP contribution in [0.1, 0.15) is 46.0 Å². The van der Waals surface area contributed by atoms with E-state index in [2.05, 4.69) is 10.6 Å². The topological polar surface area (TPSA) is 78.5 Å². The molecule has 2 N–H and O–H groups in total. The summed E-state index contributed by atoms with van der Waals surface area (Å²) in [5, 5.41) is 5.55. The second kappa shape index (κ2) is 5.81. The van der Waals surface area contributed by atoms with Gasteiger partial charge in [-0.15, -0.1) is 0 Å². The SMILES string of the molecule is CC[C@]1(C)NC(=O)N(CCCNC(=O)CC2CC2)C1=O. The molecule has 6 nitrogen and oxygen atoms in total. The van der Waals surface area contributed by atoms with Crippen LogP contribution < -0.4 is 10.6 Å². The monoisotopic (exact) mass is 281 g/mol. The fourth-order valence-electron chi connectivity index (χ4n) is 2.31. The van der Waals surface area contributed by atoms with E-state index < -0.39 is 5.54 Å². The van der Waals surface area contributed by atoms with E-state index in [1.807, 2.05) is 6.92 Å². The Balaban J connectivity index is 1.69. The molecule has 1 aliphatic carbocycles. The zero-order valence-electron chi connectivity index (χ0n) is 12.2. The minimum absolute atomic E-state index is 0.0723. The predicted molar refractivity (Wildman–Crippen MR) is 73.9 cm³/mol. The maximum Gasteiger partial charge on any atom is 0.325 e. The van der Waals surface area contributed by atoms with Gasteiger partial charge in [-0.05, 0) is 38.5 Å². The van der Waals surface area contributed by atoms with Crippen LogP contribution >= 0.6 is 0 Å². The van der Waals surface area contributed by atoms with Crippen LogP contribution in [0.3, 0.4) is 0 Å². The van der Waals surface area contributed by atoms with Gasteiger partial charge < -0.3 is 10.6 Å². The normalized spacial score (nSPS) is 25.8. The highest BCUT2D eigenvalue weighted by Crippen LogP contribution is 2.32. The lowest BCUT2D eigenvalue weighted by atomic mass is 9.99. The second-order valence-corrected chi connectivity index (χ2v) is 5.92. The average Bonchev–Trinajstić information content (AvgIpc) is 3.17. The molecule has 2 rings (SSSR count). The summed E-state index contributed by atoms with van der Waals surface area (Å²) in [7, 11) is 0. The van der Waals surface area contributed by atoms with Gasteiger partial charge in [-0.1, -0.05) is 6.92 Å². The largest absolute Gasteiger partial charge is 0.356 e. The van der Waals surface area contributed by atoms with E-state index in [0.717, 1.165) is 12.8 Å². The first kappa shape index (κ1) is 14.8. The van der Waals surface area contributed by atoms with Crippen molar-refractivity contribution >= 4 is 17.8 Å². The molecule has 0 aromatic heterocycles. The Morgan fingerprint density at radius 3 is 2.70 bits per heavy atom. The van der Waals surface area contributed by atoms with Crippen LogP contribution in [0.4, 0.5) is 4.79 Å². The number of nitrogens with zero attached hydrogens (tertiary/aromatic N) is 1. The lowest BCUT2D eigenvalue weighted by Gasteiger charge is -2.19. The summed E-state index contributed by atoms with van der Waals surface area (Å²) in [4.78, 5) is 36.6. The zero-order chi connectivity index (χ0) is 14.8. The molecule has 0 aromatic rings. The zero-order valence-corrected chi connectivity index (χ0v) is 12.2. The van der Waals surface area contributed by atoms with Crippen LogP contribution in [0.15, 0.2) is 0 Å². The molecule has 1 saturated heterocycles. The van der Waals surface area contributed by atoms with Crippen LogP contribution in [0, 0.1) is 5.92 Å². The summed E-state index contributed by atoms with van der Waals surface area (Å²) < 4.78 is 0. The highest BCUT2D eigenvalue weighted by Gasteiger charge is 2.45. The summed E-state index contributed by atoms with van der Waals surface area (Å²) in [5.41, 5.74) is -0.772. The molecule has 20 heavy (non-hydrogen) atoms. The number of rotatable bonds is 7. The average molecular weight is 281 g/mol. The smallest absolute Gasteiger partial charge is 0.325 e. The number of amides is 4. The van der Waals surface area contributed by atoms with Crippen LogP contribution in [0.5, 0.6) is 0 Å². The molecule has 4 amide bonds. The molecule has 6 heteroatoms. The van der Waals surface area contributed by atoms with Crippen molar-refractivity contribution in [1.82, 2.24) is 15.5 Å². The highest BCUT2D eigenvalue weighted by atomic mass is 16.2. The first-order valence-electron chi connectivity index (χ1n) is 7.37. The van der Waals surface area contributed by atoms with E-state index in [9.17, 15) is 14.4 Å². The molecule has 112 valence electrons. The Labute approximate surface area is 119 Å². The standard InChI is InChI=1S/C14H23N3O3/c1-3-14(2)12(19)17(13(20)16-14)8-4-7-15-11(18)9-10-5-6-10/h10H,3-9H2,1-2H3,(H,15,18)(H,16,20)/t14-/m0/s1. The molecule has 0 bridgehead atoms. The van der Waals surface area contributed by atoms with Crippen molar-refractivity contribution < 1.29 is 14.4 Å². The molecular formula is C14H23N3O3. The van der Waals surface area contributed by atoms with E-state index in [1.165, 1.54) is 4.90 Å². The molecule has 0 aromatic carbocycles. The van der Waals surface area contributed by atoms with Gasteiger partial charge in [-0.25, -0.2) is 4.79 Å². The number of imide groups is 1. The van der Waals surface area contributed by atoms with E-state index >= 15 is 0 Å². The van der Waals surface area contributed by atoms with Crippen LogP contribution in [0.2, 0.25) is 0 Å². The van der Waals surface area contributed by atoms with Crippen LogP contribution in [-0.4, -0.2) is 41.4 Å². The van der Waals surface area contributed by atoms with Crippen molar-refractivity contribution in [2.45, 2.75) is 51.5 Å². The van der Waals surface area contributed by atoms with Gasteiger partial charge in [-0.3, -0.25) is 14.5 Å². The van der Waals surface area contributed by atoms with Gasteiger partial charge in [0.1, 0.15) is 5.54 Å². The van der Waals surface area contributed by atoms with E-state index in [4.69, 9.17) is 0 Å². The molecule has 1 atom stereocenters. The van der Waals surface area contributed by atoms with Crippen molar-refractivity contribution in [2.24, 2.45) is 5.92 Å². The summed E-state index contributed by atoms with van der Waals surface area (Å²) in [6.07, 6.45) is 4.09. The van der Waals surface area contributed by atoms with Gasteiger partial charge in [0.2, 0.25) is 5.91 Å². The van der Waals surface area contributed by atoms with Gasteiger partial charge in [0.05, 0.1) is 0 Å². The number of hydrogen-bond donors (Lipinski definition) is 2. The Morgan fingerprint density at radius 1 is 1.45 bits per heavy atom. The van der Waals surface area contributed by atoms with Gasteiger partial charge in [0.15, 0.2) is 0 Å². The van der Waals surface area contributed by atoms with Gasteiger partial charge in [-0.2, -0.15) is 0 Å². The van der Waals surface area contributed by atoms with Crippen molar-refractivity contribution in [3.8, 4) is 0 Å². The first-order chi connectivity index (χ1) is 9.46. The van der Waals surface area contributed by atoms with Gasteiger partial charge >= 0.3 is 6.03 Å². The fraction of sp³-hybridized carbons (Fsp3) is 0.786. The minimum atomic E-state index is -0.772. The minimum Gasteiger partial charge on any atom is -0.356 e. The highest BCUT2D eigenvalue weighted by molar-refractivity contribution is 6.06. The third-order valence-electron chi connectivity index (χ3n) is 4.10. The number of carbonyl (C=O) groups is 3. The second-order valence-electron chi connectivity index (χ2n) is 5.92. The Hall–Kier alpha value is -1.59. The molecule has 1 aliphatic heterocycles. The number of carbonyl (C=O) groups excluding carboxylic acids is 3. The van der Waals surface area contributed by atoms with Crippen LogP contribution in [-0.2, 0) is 9.59 Å². The third-order valence-corrected chi connectivity index (χ3v) is 4.10. The van der Waals surface area contributed by atoms with Crippen molar-refractivity contribution in [2.75, 3.05) is 13.1 Å². The third kappa shape index (κ3) is 3.29. The van der Waals surface area contributed by atoms with Crippen molar-refractivity contribution in [3.05, 3.63) is 0 Å². The Bertz CT molecular complexity index is 420. The molecule has 0 radical (unpaired) electrons. The summed E-state index contributed by atoms with van der Waals surface area (Å²) >= 11 is 0. The molecule has 1 heterocycles. The maximum atomic E-state index is 12.1. The maximum absolute atomic E-state index is 12.1. The summed E-state index contributed by atoms with van der Waals surface area (Å²) in [6, 6.07) is -0.330. The molecule has 0 unspecified atom stereocenters. The number of urea groups is 1. The van der Waals surface area contributed by atoms with Gasteiger partial charge in [0.25, 0.3) is 5.91 Å². The molecular weight excluding hydrogens is 258 g/mol. The number of nitrogens with one attached hydrogen (secondary N) is 2. The predicted octanol–water partition coefficient (Wildman–Crippen LogP) is 1.01. The number of hydrogen-bond acceptors (Lipinski definition) is 3. The van der Waals surface area contributed by atoms with Crippen molar-refractivity contribution in [1.29, 1.82) is 0 Å². The lowest BCUT2D eigenvalue weighted by Crippen LogP contribution is -2.43. The quantitative estimate of drug-likeness (QED) is 0.540.